The number of hydrogen-bond acceptors (Lipinski definition) is 2. The molecule has 0 bridgehead atoms. The lowest BCUT2D eigenvalue weighted by Crippen LogP contribution is -2.44. The van der Waals surface area contributed by atoms with Crippen LogP contribution in [0.2, 0.25) is 0 Å². The Morgan fingerprint density at radius 2 is 0.425 bits per heavy atom. The second-order valence-corrected chi connectivity index (χ2v) is 33.7. The molecule has 16 aromatic rings. The fourth-order valence-electron chi connectivity index (χ4n) is 21.9. The summed E-state index contributed by atoms with van der Waals surface area (Å²) in [7, 11) is 0. The van der Waals surface area contributed by atoms with Crippen molar-refractivity contribution in [2.45, 2.75) is 102 Å². The van der Waals surface area contributed by atoms with E-state index in [1.54, 1.807) is 0 Å². The fourth-order valence-corrected chi connectivity index (χ4v) is 21.9. The Hall–Kier alpha value is -11.8. The van der Waals surface area contributed by atoms with Crippen LogP contribution in [0.4, 0.5) is 34.1 Å². The normalized spacial score (nSPS) is 18.1. The van der Waals surface area contributed by atoms with E-state index in [2.05, 4.69) is 382 Å². The Balaban J connectivity index is 0.851. The lowest BCUT2D eigenvalue weighted by molar-refractivity contribution is 0.376. The highest BCUT2D eigenvalue weighted by atomic mass is 15.2. The topological polar surface area (TPSA) is 6.48 Å². The lowest BCUT2D eigenvalue weighted by atomic mass is 9.56. The van der Waals surface area contributed by atoms with Gasteiger partial charge in [-0.2, -0.15) is 0 Å². The van der Waals surface area contributed by atoms with Gasteiger partial charge in [0.25, 0.3) is 0 Å². The van der Waals surface area contributed by atoms with Crippen LogP contribution in [0.25, 0.3) is 110 Å². The maximum Gasteiger partial charge on any atom is 0.0543 e. The van der Waals surface area contributed by atoms with Crippen molar-refractivity contribution in [3.05, 3.63) is 370 Å². The molecule has 0 N–H and O–H groups in total. The largest absolute Gasteiger partial charge is 0.310 e. The highest BCUT2D eigenvalue weighted by molar-refractivity contribution is 6.19. The van der Waals surface area contributed by atoms with Crippen LogP contribution in [0.3, 0.4) is 0 Å². The highest BCUT2D eigenvalue weighted by Gasteiger charge is 2.59. The minimum atomic E-state index is -0.741. The van der Waals surface area contributed by atoms with Gasteiger partial charge in [0.05, 0.1) is 11.4 Å². The van der Waals surface area contributed by atoms with E-state index in [-0.39, 0.29) is 21.7 Å². The zero-order valence-electron chi connectivity index (χ0n) is 61.8. The molecule has 0 amide bonds. The Bertz CT molecular complexity index is 6030. The zero-order valence-corrected chi connectivity index (χ0v) is 61.8. The summed E-state index contributed by atoms with van der Waals surface area (Å²) >= 11 is 0. The fraction of sp³-hybridized carbons (Fsp3) is 0.154. The molecule has 506 valence electrons. The van der Waals surface area contributed by atoms with Gasteiger partial charge < -0.3 is 9.80 Å². The molecular weight excluding hydrogens is 1280 g/mol. The Kier molecular flexibility index (Phi) is 12.2. The molecule has 0 radical (unpaired) electrons. The van der Waals surface area contributed by atoms with Crippen molar-refractivity contribution >= 4 is 77.2 Å². The van der Waals surface area contributed by atoms with Crippen molar-refractivity contribution in [2.24, 2.45) is 0 Å². The van der Waals surface area contributed by atoms with Crippen molar-refractivity contribution in [1.29, 1.82) is 0 Å². The average molecular weight is 1360 g/mol. The second-order valence-electron chi connectivity index (χ2n) is 33.7. The van der Waals surface area contributed by atoms with Crippen molar-refractivity contribution in [2.75, 3.05) is 9.80 Å². The number of nitrogens with zero attached hydrogens (tertiary/aromatic N) is 2. The van der Waals surface area contributed by atoms with Crippen LogP contribution in [-0.2, 0) is 32.5 Å². The molecule has 106 heavy (non-hydrogen) atoms. The predicted molar refractivity (Wildman–Crippen MR) is 446 cm³/mol. The third-order valence-corrected chi connectivity index (χ3v) is 27.3. The molecule has 0 aromatic heterocycles. The summed E-state index contributed by atoms with van der Waals surface area (Å²) in [6, 6.07) is 118. The number of fused-ring (bicyclic) bond motifs is 26. The van der Waals surface area contributed by atoms with Gasteiger partial charge in [-0.25, -0.2) is 0 Å². The molecule has 0 aliphatic heterocycles. The van der Waals surface area contributed by atoms with Crippen LogP contribution in [0, 0.1) is 0 Å². The summed E-state index contributed by atoms with van der Waals surface area (Å²) in [6.07, 6.45) is 0. The molecule has 0 saturated carbocycles. The van der Waals surface area contributed by atoms with Gasteiger partial charge >= 0.3 is 0 Å². The molecule has 2 unspecified atom stereocenters. The molecule has 0 spiro atoms. The first kappa shape index (κ1) is 61.6. The number of rotatable bonds is 7. The van der Waals surface area contributed by atoms with Crippen LogP contribution >= 0.6 is 0 Å². The Morgan fingerprint density at radius 3 is 0.736 bits per heavy atom. The van der Waals surface area contributed by atoms with Crippen LogP contribution in [0.1, 0.15) is 136 Å². The summed E-state index contributed by atoms with van der Waals surface area (Å²) in [4.78, 5) is 5.32. The molecule has 0 heterocycles. The van der Waals surface area contributed by atoms with E-state index in [4.69, 9.17) is 0 Å². The SMILES string of the molecule is CC1(C)c2ccccc2-c2ccc(N(c3ccc4c(c3)C(C)(C)c3ccccc3-4)c3cc4c(c5ccccc35)-c3c(ccc5ccccc35)C4(C)C3(C)c4ccc5ccccc5c4-c4c3cc(N(c3ccc5c(c3)C(C)(C)c3ccccc3-5)c3ccc5c(c3)C(C)(C)c3ccccc3-5)c3ccccc43)cc21. The maximum atomic E-state index is 2.69. The van der Waals surface area contributed by atoms with Gasteiger partial charge in [0.2, 0.25) is 0 Å². The minimum absolute atomic E-state index is 0.233. The van der Waals surface area contributed by atoms with E-state index in [9.17, 15) is 0 Å². The van der Waals surface area contributed by atoms with Gasteiger partial charge in [0, 0.05) is 66.0 Å². The number of anilines is 6. The van der Waals surface area contributed by atoms with E-state index >= 15 is 0 Å². The summed E-state index contributed by atoms with van der Waals surface area (Å²) in [5.74, 6) is 0. The summed E-state index contributed by atoms with van der Waals surface area (Å²) in [5.41, 5.74) is 36.5. The van der Waals surface area contributed by atoms with Gasteiger partial charge in [-0.05, 0) is 227 Å². The van der Waals surface area contributed by atoms with Gasteiger partial charge in [-0.15, -0.1) is 0 Å². The van der Waals surface area contributed by atoms with Gasteiger partial charge in [0.15, 0.2) is 0 Å². The summed E-state index contributed by atoms with van der Waals surface area (Å²) < 4.78 is 0. The van der Waals surface area contributed by atoms with E-state index in [1.165, 1.54) is 177 Å². The van der Waals surface area contributed by atoms with Gasteiger partial charge in [0.1, 0.15) is 0 Å². The summed E-state index contributed by atoms with van der Waals surface area (Å²) in [6.45, 7) is 24.7. The second kappa shape index (κ2) is 21.0. The standard InChI is InChI=1S/C104H80N2/c1-99(2)81-39-23-19-31-69(81)73-49-45-63(55-87(73)99)105(64-46-50-74-70-32-20-24-40-82(70)100(3,4)88(74)56-64)93-59-91-97(79-37-17-15-35-77(79)93)95-67-29-13-11-27-61(67)43-53-85(95)103(91,9)104(10)86-54-44-62-28-12-14-30-68(62)96(86)98-80-38-18-16-36-78(80)94(60-92(98)104)106(65-47-51-75-71-33-21-25-41-83(71)101(5,6)89(75)57-65)66-48-52-76-72-34-22-26-42-84(72)102(7,8)90(76)58-66/h11-60H,1-10H3. The molecule has 0 fully saturated rings. The zero-order chi connectivity index (χ0) is 71.4. The van der Waals surface area contributed by atoms with Crippen molar-refractivity contribution < 1.29 is 0 Å². The quantitative estimate of drug-likeness (QED) is 0.157. The van der Waals surface area contributed by atoms with Crippen LogP contribution in [0.5, 0.6) is 0 Å². The molecule has 2 heteroatoms. The first-order chi connectivity index (χ1) is 51.4. The van der Waals surface area contributed by atoms with Crippen molar-refractivity contribution in [1.82, 2.24) is 0 Å². The molecule has 2 atom stereocenters. The Labute approximate surface area is 621 Å². The van der Waals surface area contributed by atoms with Gasteiger partial charge in [-0.1, -0.05) is 312 Å². The molecular formula is C104H80N2. The monoisotopic (exact) mass is 1360 g/mol. The van der Waals surface area contributed by atoms with Crippen LogP contribution in [0.15, 0.2) is 303 Å². The summed E-state index contributed by atoms with van der Waals surface area (Å²) in [5, 5.41) is 9.95. The minimum Gasteiger partial charge on any atom is -0.310 e. The van der Waals surface area contributed by atoms with E-state index < -0.39 is 10.8 Å². The predicted octanol–water partition coefficient (Wildman–Crippen LogP) is 27.7. The third-order valence-electron chi connectivity index (χ3n) is 27.3. The first-order valence-electron chi connectivity index (χ1n) is 38.1. The van der Waals surface area contributed by atoms with E-state index in [0.29, 0.717) is 0 Å². The van der Waals surface area contributed by atoms with E-state index in [1.807, 2.05) is 0 Å². The Morgan fingerprint density at radius 1 is 0.179 bits per heavy atom. The first-order valence-corrected chi connectivity index (χ1v) is 38.1. The van der Waals surface area contributed by atoms with Crippen molar-refractivity contribution in [3.8, 4) is 66.8 Å². The number of benzene rings is 16. The van der Waals surface area contributed by atoms with Crippen LogP contribution in [-0.4, -0.2) is 0 Å². The van der Waals surface area contributed by atoms with Crippen LogP contribution < -0.4 is 9.80 Å². The molecule has 16 aromatic carbocycles. The average Bonchev–Trinajstić information content (AvgIpc) is 1.48. The molecule has 2 nitrogen and oxygen atoms in total. The maximum absolute atomic E-state index is 2.69. The lowest BCUT2D eigenvalue weighted by Gasteiger charge is -2.46. The molecule has 0 saturated heterocycles. The van der Waals surface area contributed by atoms with Gasteiger partial charge in [-0.3, -0.25) is 0 Å². The molecule has 6 aliphatic rings. The van der Waals surface area contributed by atoms with Crippen molar-refractivity contribution in [3.63, 3.8) is 0 Å². The molecule has 22 rings (SSSR count). The van der Waals surface area contributed by atoms with E-state index in [0.717, 1.165) is 34.1 Å². The highest BCUT2D eigenvalue weighted by Crippen LogP contribution is 2.70. The third kappa shape index (κ3) is 7.71. The molecule has 6 aliphatic carbocycles. The smallest absolute Gasteiger partial charge is 0.0543 e. The number of hydrogen-bond donors (Lipinski definition) is 0.